The Hall–Kier alpha value is -3.23. The van der Waals surface area contributed by atoms with Gasteiger partial charge in [0.15, 0.2) is 0 Å². The zero-order chi connectivity index (χ0) is 21.7. The molecular weight excluding hydrogens is 397 g/mol. The van der Waals surface area contributed by atoms with Gasteiger partial charge in [-0.2, -0.15) is 13.2 Å². The monoisotopic (exact) mass is 420 g/mol. The van der Waals surface area contributed by atoms with E-state index in [1.54, 1.807) is 12.1 Å². The van der Waals surface area contributed by atoms with Crippen LogP contribution in [0.15, 0.2) is 48.5 Å². The molecule has 160 valence electrons. The molecule has 1 aliphatic heterocycles. The van der Waals surface area contributed by atoms with E-state index >= 15 is 0 Å². The van der Waals surface area contributed by atoms with Gasteiger partial charge in [-0.1, -0.05) is 6.07 Å². The summed E-state index contributed by atoms with van der Waals surface area (Å²) < 4.78 is 38.2. The van der Waals surface area contributed by atoms with Gasteiger partial charge in [-0.3, -0.25) is 9.59 Å². The number of nitrogens with zero attached hydrogens (tertiary/aromatic N) is 1. The Morgan fingerprint density at radius 3 is 2.30 bits per heavy atom. The molecule has 0 aliphatic carbocycles. The Bertz CT molecular complexity index is 892. The van der Waals surface area contributed by atoms with Gasteiger partial charge in [0.1, 0.15) is 0 Å². The van der Waals surface area contributed by atoms with Crippen molar-refractivity contribution in [3.05, 3.63) is 54.1 Å². The third-order valence-corrected chi connectivity index (χ3v) is 5.06. The fourth-order valence-electron chi connectivity index (χ4n) is 3.37. The highest BCUT2D eigenvalue weighted by Gasteiger charge is 2.30. The summed E-state index contributed by atoms with van der Waals surface area (Å²) in [7, 11) is 0. The van der Waals surface area contributed by atoms with E-state index in [9.17, 15) is 22.8 Å². The van der Waals surface area contributed by atoms with Crippen LogP contribution >= 0.6 is 0 Å². The van der Waals surface area contributed by atoms with Crippen molar-refractivity contribution in [2.45, 2.75) is 19.0 Å². The number of hydrogen-bond acceptors (Lipinski definition) is 4. The molecule has 1 aliphatic rings. The summed E-state index contributed by atoms with van der Waals surface area (Å²) in [6.07, 6.45) is -3.00. The molecule has 30 heavy (non-hydrogen) atoms. The van der Waals surface area contributed by atoms with Gasteiger partial charge in [0, 0.05) is 36.1 Å². The van der Waals surface area contributed by atoms with Gasteiger partial charge in [-0.05, 0) is 55.3 Å². The summed E-state index contributed by atoms with van der Waals surface area (Å²) in [5.74, 6) is -0.710. The largest absolute Gasteiger partial charge is 0.416 e. The number of amides is 2. The number of anilines is 3. The molecule has 6 nitrogen and oxygen atoms in total. The van der Waals surface area contributed by atoms with Crippen LogP contribution in [0, 0.1) is 5.92 Å². The van der Waals surface area contributed by atoms with Crippen LogP contribution in [0.25, 0.3) is 0 Å². The first-order chi connectivity index (χ1) is 14.2. The standard InChI is InChI=1S/C21H23F3N4O2/c22-21(23,24)15-2-1-3-17(12-15)26-13-19(29)27-16-4-6-18(7-5-16)28-10-8-14(9-11-28)20(25)30/h1-7,12,14,26H,8-11,13H2,(H2,25,30)(H,27,29). The average molecular weight is 420 g/mol. The lowest BCUT2D eigenvalue weighted by molar-refractivity contribution is -0.137. The highest BCUT2D eigenvalue weighted by Crippen LogP contribution is 2.30. The Morgan fingerprint density at radius 2 is 1.70 bits per heavy atom. The molecule has 0 radical (unpaired) electrons. The summed E-state index contributed by atoms with van der Waals surface area (Å²) in [4.78, 5) is 25.5. The predicted molar refractivity (Wildman–Crippen MR) is 109 cm³/mol. The molecule has 0 aromatic heterocycles. The van der Waals surface area contributed by atoms with Crippen molar-refractivity contribution in [1.82, 2.24) is 0 Å². The smallest absolute Gasteiger partial charge is 0.376 e. The molecule has 1 heterocycles. The van der Waals surface area contributed by atoms with Gasteiger partial charge in [-0.25, -0.2) is 0 Å². The summed E-state index contributed by atoms with van der Waals surface area (Å²) in [6, 6.07) is 12.0. The second-order valence-corrected chi connectivity index (χ2v) is 7.19. The molecule has 2 aromatic carbocycles. The summed E-state index contributed by atoms with van der Waals surface area (Å²) >= 11 is 0. The van der Waals surface area contributed by atoms with E-state index < -0.39 is 11.7 Å². The van der Waals surface area contributed by atoms with Gasteiger partial charge in [-0.15, -0.1) is 0 Å². The molecule has 0 bridgehead atoms. The maximum atomic E-state index is 12.7. The first-order valence-electron chi connectivity index (χ1n) is 9.57. The third kappa shape index (κ3) is 5.65. The van der Waals surface area contributed by atoms with Crippen LogP contribution < -0.4 is 21.3 Å². The minimum atomic E-state index is -4.43. The molecule has 0 unspecified atom stereocenters. The maximum absolute atomic E-state index is 12.7. The Morgan fingerprint density at radius 1 is 1.03 bits per heavy atom. The molecule has 3 rings (SSSR count). The Labute approximate surface area is 172 Å². The molecule has 0 atom stereocenters. The molecule has 9 heteroatoms. The van der Waals surface area contributed by atoms with Crippen LogP contribution in [0.4, 0.5) is 30.2 Å². The second kappa shape index (κ2) is 9.06. The second-order valence-electron chi connectivity index (χ2n) is 7.19. The SMILES string of the molecule is NC(=O)C1CCN(c2ccc(NC(=O)CNc3cccc(C(F)(F)F)c3)cc2)CC1. The Kier molecular flexibility index (Phi) is 6.49. The first kappa shape index (κ1) is 21.5. The van der Waals surface area contributed by atoms with E-state index in [0.29, 0.717) is 5.69 Å². The molecule has 2 aromatic rings. The van der Waals surface area contributed by atoms with Crippen molar-refractivity contribution in [2.24, 2.45) is 11.7 Å². The number of carbonyl (C=O) groups excluding carboxylic acids is 2. The van der Waals surface area contributed by atoms with Gasteiger partial charge in [0.2, 0.25) is 11.8 Å². The lowest BCUT2D eigenvalue weighted by Crippen LogP contribution is -2.38. The quantitative estimate of drug-likeness (QED) is 0.668. The van der Waals surface area contributed by atoms with Crippen LogP contribution in [-0.2, 0) is 15.8 Å². The number of piperidine rings is 1. The number of carbonyl (C=O) groups is 2. The van der Waals surface area contributed by atoms with E-state index in [1.807, 2.05) is 12.1 Å². The fraction of sp³-hybridized carbons (Fsp3) is 0.333. The number of rotatable bonds is 6. The summed E-state index contributed by atoms with van der Waals surface area (Å²) in [5.41, 5.74) is 6.36. The van der Waals surface area contributed by atoms with Crippen LogP contribution in [0.2, 0.25) is 0 Å². The van der Waals surface area contributed by atoms with Crippen molar-refractivity contribution < 1.29 is 22.8 Å². The number of halogens is 3. The van der Waals surface area contributed by atoms with E-state index in [-0.39, 0.29) is 30.0 Å². The highest BCUT2D eigenvalue weighted by molar-refractivity contribution is 5.93. The fourth-order valence-corrected chi connectivity index (χ4v) is 3.37. The van der Waals surface area contributed by atoms with E-state index in [2.05, 4.69) is 15.5 Å². The van der Waals surface area contributed by atoms with E-state index in [0.717, 1.165) is 43.8 Å². The number of benzene rings is 2. The van der Waals surface area contributed by atoms with Crippen molar-refractivity contribution in [2.75, 3.05) is 35.2 Å². The van der Waals surface area contributed by atoms with Crippen molar-refractivity contribution in [3.63, 3.8) is 0 Å². The molecule has 4 N–H and O–H groups in total. The van der Waals surface area contributed by atoms with E-state index in [1.165, 1.54) is 12.1 Å². The minimum Gasteiger partial charge on any atom is -0.376 e. The zero-order valence-electron chi connectivity index (χ0n) is 16.2. The van der Waals surface area contributed by atoms with E-state index in [4.69, 9.17) is 5.73 Å². The molecule has 0 saturated carbocycles. The van der Waals surface area contributed by atoms with Crippen molar-refractivity contribution in [3.8, 4) is 0 Å². The lowest BCUT2D eigenvalue weighted by Gasteiger charge is -2.32. The molecule has 1 fully saturated rings. The van der Waals surface area contributed by atoms with Crippen molar-refractivity contribution >= 4 is 28.9 Å². The summed E-state index contributed by atoms with van der Waals surface area (Å²) in [5, 5.41) is 5.40. The zero-order valence-corrected chi connectivity index (χ0v) is 16.2. The average Bonchev–Trinajstić information content (AvgIpc) is 2.72. The van der Waals surface area contributed by atoms with Crippen LogP contribution in [0.3, 0.4) is 0 Å². The number of alkyl halides is 3. The van der Waals surface area contributed by atoms with Crippen LogP contribution in [0.1, 0.15) is 18.4 Å². The van der Waals surface area contributed by atoms with Gasteiger partial charge >= 0.3 is 6.18 Å². The van der Waals surface area contributed by atoms with Gasteiger partial charge in [0.25, 0.3) is 0 Å². The normalized spacial score (nSPS) is 15.0. The van der Waals surface area contributed by atoms with Gasteiger partial charge in [0.05, 0.1) is 12.1 Å². The van der Waals surface area contributed by atoms with Crippen LogP contribution in [-0.4, -0.2) is 31.4 Å². The predicted octanol–water partition coefficient (Wildman–Crippen LogP) is 3.46. The Balaban J connectivity index is 1.50. The molecule has 2 amide bonds. The molecule has 0 spiro atoms. The number of hydrogen-bond donors (Lipinski definition) is 3. The first-order valence-corrected chi connectivity index (χ1v) is 9.57. The lowest BCUT2D eigenvalue weighted by atomic mass is 9.96. The summed E-state index contributed by atoms with van der Waals surface area (Å²) in [6.45, 7) is 1.31. The number of primary amides is 1. The molecular formula is C21H23F3N4O2. The topological polar surface area (TPSA) is 87.5 Å². The highest BCUT2D eigenvalue weighted by atomic mass is 19.4. The molecule has 1 saturated heterocycles. The van der Waals surface area contributed by atoms with Crippen LogP contribution in [0.5, 0.6) is 0 Å². The minimum absolute atomic E-state index is 0.0795. The third-order valence-electron chi connectivity index (χ3n) is 5.06. The maximum Gasteiger partial charge on any atom is 0.416 e. The number of nitrogens with one attached hydrogen (secondary N) is 2. The van der Waals surface area contributed by atoms with Crippen molar-refractivity contribution in [1.29, 1.82) is 0 Å². The number of nitrogens with two attached hydrogens (primary N) is 1. The van der Waals surface area contributed by atoms with Gasteiger partial charge < -0.3 is 21.3 Å².